The molecule has 3 N–H and O–H groups in total. The fourth-order valence-electron chi connectivity index (χ4n) is 2.08. The lowest BCUT2D eigenvalue weighted by molar-refractivity contribution is -0.128. The minimum absolute atomic E-state index is 0.156. The molecular formula is C13H19N3O. The van der Waals surface area contributed by atoms with Crippen LogP contribution in [0.2, 0.25) is 0 Å². The van der Waals surface area contributed by atoms with E-state index >= 15 is 0 Å². The molecule has 17 heavy (non-hydrogen) atoms. The van der Waals surface area contributed by atoms with Gasteiger partial charge in [-0.2, -0.15) is 0 Å². The monoisotopic (exact) mass is 233 g/mol. The topological polar surface area (TPSA) is 58.4 Å². The van der Waals surface area contributed by atoms with Crippen molar-refractivity contribution in [3.63, 3.8) is 0 Å². The largest absolute Gasteiger partial charge is 0.397 e. The minimum atomic E-state index is 0.156. The Morgan fingerprint density at radius 1 is 1.41 bits per heavy atom. The smallest absolute Gasteiger partial charge is 0.241 e. The molecule has 1 fully saturated rings. The van der Waals surface area contributed by atoms with Crippen LogP contribution >= 0.6 is 0 Å². The molecule has 0 radical (unpaired) electrons. The van der Waals surface area contributed by atoms with Gasteiger partial charge in [0.2, 0.25) is 5.91 Å². The van der Waals surface area contributed by atoms with Gasteiger partial charge in [-0.15, -0.1) is 0 Å². The fraction of sp³-hybridized carbons (Fsp3) is 0.462. The highest BCUT2D eigenvalue weighted by Gasteiger charge is 2.17. The van der Waals surface area contributed by atoms with Gasteiger partial charge in [0.1, 0.15) is 0 Å². The molecule has 2 rings (SSSR count). The van der Waals surface area contributed by atoms with Crippen molar-refractivity contribution in [2.24, 2.45) is 0 Å². The van der Waals surface area contributed by atoms with Crippen molar-refractivity contribution in [3.8, 4) is 0 Å². The van der Waals surface area contributed by atoms with Gasteiger partial charge in [0.25, 0.3) is 0 Å². The Balaban J connectivity index is 1.93. The van der Waals surface area contributed by atoms with E-state index < -0.39 is 0 Å². The molecule has 0 aliphatic carbocycles. The molecule has 1 heterocycles. The van der Waals surface area contributed by atoms with Crippen molar-refractivity contribution in [1.82, 2.24) is 4.90 Å². The number of anilines is 2. The zero-order valence-electron chi connectivity index (χ0n) is 10.2. The number of rotatable bonds is 3. The van der Waals surface area contributed by atoms with Crippen molar-refractivity contribution in [2.75, 3.05) is 30.7 Å². The SMILES string of the molecule is Cc1cccc(NCC(=O)N2CCCC2)c1N. The predicted molar refractivity (Wildman–Crippen MR) is 69.9 cm³/mol. The summed E-state index contributed by atoms with van der Waals surface area (Å²) in [5.74, 6) is 0.156. The number of nitrogens with one attached hydrogen (secondary N) is 1. The third-order valence-corrected chi connectivity index (χ3v) is 3.21. The molecule has 0 spiro atoms. The van der Waals surface area contributed by atoms with Crippen LogP contribution in [-0.4, -0.2) is 30.4 Å². The zero-order valence-corrected chi connectivity index (χ0v) is 10.2. The van der Waals surface area contributed by atoms with Crippen molar-refractivity contribution >= 4 is 17.3 Å². The molecular weight excluding hydrogens is 214 g/mol. The molecule has 0 aromatic heterocycles. The van der Waals surface area contributed by atoms with E-state index in [0.717, 1.165) is 42.9 Å². The Kier molecular flexibility index (Phi) is 3.52. The molecule has 1 saturated heterocycles. The summed E-state index contributed by atoms with van der Waals surface area (Å²) in [6.45, 7) is 4.07. The number of carbonyl (C=O) groups is 1. The molecule has 0 unspecified atom stereocenters. The first-order chi connectivity index (χ1) is 8.18. The summed E-state index contributed by atoms with van der Waals surface area (Å²) in [4.78, 5) is 13.7. The van der Waals surface area contributed by atoms with Crippen LogP contribution in [0, 0.1) is 6.92 Å². The molecule has 0 bridgehead atoms. The second-order valence-corrected chi connectivity index (χ2v) is 4.48. The number of nitrogens with two attached hydrogens (primary N) is 1. The minimum Gasteiger partial charge on any atom is -0.397 e. The van der Waals surface area contributed by atoms with Crippen LogP contribution in [0.3, 0.4) is 0 Å². The van der Waals surface area contributed by atoms with E-state index in [1.54, 1.807) is 0 Å². The maximum absolute atomic E-state index is 11.8. The van der Waals surface area contributed by atoms with Crippen LogP contribution in [0.4, 0.5) is 11.4 Å². The number of likely N-dealkylation sites (tertiary alicyclic amines) is 1. The molecule has 1 amide bonds. The molecule has 0 atom stereocenters. The number of hydrogen-bond donors (Lipinski definition) is 2. The van der Waals surface area contributed by atoms with Gasteiger partial charge >= 0.3 is 0 Å². The fourth-order valence-corrected chi connectivity index (χ4v) is 2.08. The highest BCUT2D eigenvalue weighted by molar-refractivity contribution is 5.82. The summed E-state index contributed by atoms with van der Waals surface area (Å²) < 4.78 is 0. The van der Waals surface area contributed by atoms with Crippen LogP contribution in [-0.2, 0) is 4.79 Å². The lowest BCUT2D eigenvalue weighted by Gasteiger charge is -2.17. The van der Waals surface area contributed by atoms with Crippen LogP contribution in [0.15, 0.2) is 18.2 Å². The number of hydrogen-bond acceptors (Lipinski definition) is 3. The molecule has 1 aliphatic heterocycles. The van der Waals surface area contributed by atoms with Crippen molar-refractivity contribution in [2.45, 2.75) is 19.8 Å². The number of benzene rings is 1. The number of carbonyl (C=O) groups excluding carboxylic acids is 1. The number of nitrogens with zero attached hydrogens (tertiary/aromatic N) is 1. The second-order valence-electron chi connectivity index (χ2n) is 4.48. The first kappa shape index (κ1) is 11.8. The number of amides is 1. The molecule has 92 valence electrons. The first-order valence-electron chi connectivity index (χ1n) is 6.05. The first-order valence-corrected chi connectivity index (χ1v) is 6.05. The molecule has 4 nitrogen and oxygen atoms in total. The van der Waals surface area contributed by atoms with E-state index in [9.17, 15) is 4.79 Å². The second kappa shape index (κ2) is 5.08. The van der Waals surface area contributed by atoms with Gasteiger partial charge in [-0.05, 0) is 31.4 Å². The summed E-state index contributed by atoms with van der Waals surface area (Å²) in [5.41, 5.74) is 8.53. The van der Waals surface area contributed by atoms with Crippen LogP contribution < -0.4 is 11.1 Å². The Morgan fingerprint density at radius 2 is 2.12 bits per heavy atom. The summed E-state index contributed by atoms with van der Waals surface area (Å²) in [6.07, 6.45) is 2.25. The predicted octanol–water partition coefficient (Wildman–Crippen LogP) is 1.61. The molecule has 0 saturated carbocycles. The number of aryl methyl sites for hydroxylation is 1. The highest BCUT2D eigenvalue weighted by Crippen LogP contribution is 2.21. The van der Waals surface area contributed by atoms with E-state index in [1.807, 2.05) is 30.0 Å². The van der Waals surface area contributed by atoms with Gasteiger partial charge in [-0.3, -0.25) is 4.79 Å². The van der Waals surface area contributed by atoms with Gasteiger partial charge in [0.15, 0.2) is 0 Å². The summed E-state index contributed by atoms with van der Waals surface area (Å²) >= 11 is 0. The zero-order chi connectivity index (χ0) is 12.3. The average Bonchev–Trinajstić information content (AvgIpc) is 2.84. The molecule has 1 aromatic carbocycles. The van der Waals surface area contributed by atoms with E-state index in [2.05, 4.69) is 5.32 Å². The maximum atomic E-state index is 11.8. The standard InChI is InChI=1S/C13H19N3O/c1-10-5-4-6-11(13(10)14)15-9-12(17)16-7-2-3-8-16/h4-6,15H,2-3,7-9,14H2,1H3. The van der Waals surface area contributed by atoms with Gasteiger partial charge in [-0.1, -0.05) is 12.1 Å². The van der Waals surface area contributed by atoms with Crippen LogP contribution in [0.1, 0.15) is 18.4 Å². The van der Waals surface area contributed by atoms with Crippen LogP contribution in [0.5, 0.6) is 0 Å². The van der Waals surface area contributed by atoms with Gasteiger partial charge < -0.3 is 16.0 Å². The average molecular weight is 233 g/mol. The molecule has 1 aromatic rings. The van der Waals surface area contributed by atoms with Gasteiger partial charge in [-0.25, -0.2) is 0 Å². The molecule has 4 heteroatoms. The van der Waals surface area contributed by atoms with E-state index in [1.165, 1.54) is 0 Å². The molecule has 1 aliphatic rings. The number of para-hydroxylation sites is 1. The Labute approximate surface area is 102 Å². The van der Waals surface area contributed by atoms with E-state index in [0.29, 0.717) is 6.54 Å². The lowest BCUT2D eigenvalue weighted by atomic mass is 10.2. The van der Waals surface area contributed by atoms with Crippen molar-refractivity contribution in [1.29, 1.82) is 0 Å². The Morgan fingerprint density at radius 3 is 2.82 bits per heavy atom. The van der Waals surface area contributed by atoms with Crippen LogP contribution in [0.25, 0.3) is 0 Å². The normalized spacial score (nSPS) is 15.0. The highest BCUT2D eigenvalue weighted by atomic mass is 16.2. The van der Waals surface area contributed by atoms with Gasteiger partial charge in [0, 0.05) is 13.1 Å². The van der Waals surface area contributed by atoms with Crippen molar-refractivity contribution < 1.29 is 4.79 Å². The summed E-state index contributed by atoms with van der Waals surface area (Å²) in [5, 5.41) is 3.11. The van der Waals surface area contributed by atoms with E-state index in [4.69, 9.17) is 5.73 Å². The number of nitrogen functional groups attached to an aromatic ring is 1. The third kappa shape index (κ3) is 2.70. The van der Waals surface area contributed by atoms with Crippen molar-refractivity contribution in [3.05, 3.63) is 23.8 Å². The Hall–Kier alpha value is -1.71. The van der Waals surface area contributed by atoms with Gasteiger partial charge in [0.05, 0.1) is 17.9 Å². The lowest BCUT2D eigenvalue weighted by Crippen LogP contribution is -2.33. The maximum Gasteiger partial charge on any atom is 0.241 e. The Bertz CT molecular complexity index is 411. The summed E-state index contributed by atoms with van der Waals surface area (Å²) in [7, 11) is 0. The third-order valence-electron chi connectivity index (χ3n) is 3.21. The quantitative estimate of drug-likeness (QED) is 0.780. The van der Waals surface area contributed by atoms with E-state index in [-0.39, 0.29) is 5.91 Å². The summed E-state index contributed by atoms with van der Waals surface area (Å²) in [6, 6.07) is 5.80.